The number of nitrogens with one attached hydrogen (secondary N) is 1. The standard InChI is InChI=1S/C18H24N2O4/c1-4-23-17-8-6-5-7-16(17)19-18(21)20(11-12-22-3)13-15-10-9-14(2)24-15/h5-10H,4,11-13H2,1-3H3,(H,19,21). The van der Waals surface area contributed by atoms with Gasteiger partial charge in [0.15, 0.2) is 0 Å². The van der Waals surface area contributed by atoms with E-state index in [0.717, 1.165) is 11.5 Å². The van der Waals surface area contributed by atoms with Gasteiger partial charge in [0.25, 0.3) is 0 Å². The van der Waals surface area contributed by atoms with Crippen LogP contribution in [0, 0.1) is 6.92 Å². The lowest BCUT2D eigenvalue weighted by atomic mass is 10.3. The van der Waals surface area contributed by atoms with Crippen molar-refractivity contribution in [3.05, 3.63) is 47.9 Å². The molecule has 0 atom stereocenters. The van der Waals surface area contributed by atoms with Crippen molar-refractivity contribution in [2.24, 2.45) is 0 Å². The molecular formula is C18H24N2O4. The van der Waals surface area contributed by atoms with E-state index in [1.54, 1.807) is 12.0 Å². The Kier molecular flexibility index (Phi) is 6.69. The number of para-hydroxylation sites is 2. The van der Waals surface area contributed by atoms with Crippen LogP contribution in [0.15, 0.2) is 40.8 Å². The average molecular weight is 332 g/mol. The molecular weight excluding hydrogens is 308 g/mol. The van der Waals surface area contributed by atoms with Crippen molar-refractivity contribution in [2.75, 3.05) is 32.2 Å². The highest BCUT2D eigenvalue weighted by Gasteiger charge is 2.17. The monoisotopic (exact) mass is 332 g/mol. The summed E-state index contributed by atoms with van der Waals surface area (Å²) in [5, 5.41) is 2.90. The summed E-state index contributed by atoms with van der Waals surface area (Å²) in [4.78, 5) is 14.3. The van der Waals surface area contributed by atoms with Gasteiger partial charge in [-0.25, -0.2) is 4.79 Å². The lowest BCUT2D eigenvalue weighted by Gasteiger charge is -2.22. The number of ether oxygens (including phenoxy) is 2. The number of carbonyl (C=O) groups excluding carboxylic acids is 1. The van der Waals surface area contributed by atoms with Gasteiger partial charge in [-0.05, 0) is 38.1 Å². The Bertz CT molecular complexity index is 654. The number of hydrogen-bond acceptors (Lipinski definition) is 4. The molecule has 2 rings (SSSR count). The first-order valence-corrected chi connectivity index (χ1v) is 7.96. The number of nitrogens with zero attached hydrogens (tertiary/aromatic N) is 1. The number of anilines is 1. The van der Waals surface area contributed by atoms with Crippen LogP contribution in [0.5, 0.6) is 5.75 Å². The molecule has 130 valence electrons. The number of benzene rings is 1. The normalized spacial score (nSPS) is 10.5. The molecule has 24 heavy (non-hydrogen) atoms. The molecule has 0 fully saturated rings. The van der Waals surface area contributed by atoms with E-state index in [2.05, 4.69) is 5.32 Å². The molecule has 0 spiro atoms. The van der Waals surface area contributed by atoms with Gasteiger partial charge >= 0.3 is 6.03 Å². The van der Waals surface area contributed by atoms with Gasteiger partial charge in [0.05, 0.1) is 25.4 Å². The molecule has 6 heteroatoms. The van der Waals surface area contributed by atoms with Crippen LogP contribution in [0.1, 0.15) is 18.4 Å². The summed E-state index contributed by atoms with van der Waals surface area (Å²) in [6.07, 6.45) is 0. The van der Waals surface area contributed by atoms with E-state index < -0.39 is 0 Å². The first-order chi connectivity index (χ1) is 11.6. The van der Waals surface area contributed by atoms with Crippen LogP contribution in [0.25, 0.3) is 0 Å². The Balaban J connectivity index is 2.09. The number of furan rings is 1. The fourth-order valence-electron chi connectivity index (χ4n) is 2.26. The van der Waals surface area contributed by atoms with Crippen LogP contribution >= 0.6 is 0 Å². The Morgan fingerprint density at radius 2 is 2.04 bits per heavy atom. The summed E-state index contributed by atoms with van der Waals surface area (Å²) in [7, 11) is 1.61. The molecule has 0 aliphatic rings. The highest BCUT2D eigenvalue weighted by atomic mass is 16.5. The van der Waals surface area contributed by atoms with Gasteiger partial charge in [0.2, 0.25) is 0 Å². The molecule has 2 aromatic rings. The van der Waals surface area contributed by atoms with Crippen molar-refractivity contribution in [1.29, 1.82) is 0 Å². The number of amides is 2. The molecule has 0 saturated carbocycles. The summed E-state index contributed by atoms with van der Waals surface area (Å²) < 4.78 is 16.2. The Morgan fingerprint density at radius 1 is 1.25 bits per heavy atom. The molecule has 6 nitrogen and oxygen atoms in total. The first kappa shape index (κ1) is 17.9. The maximum absolute atomic E-state index is 12.6. The fraction of sp³-hybridized carbons (Fsp3) is 0.389. The van der Waals surface area contributed by atoms with E-state index in [9.17, 15) is 4.79 Å². The zero-order valence-corrected chi connectivity index (χ0v) is 14.4. The Morgan fingerprint density at radius 3 is 2.71 bits per heavy atom. The molecule has 0 bridgehead atoms. The van der Waals surface area contributed by atoms with Gasteiger partial charge in [-0.2, -0.15) is 0 Å². The van der Waals surface area contributed by atoms with Crippen LogP contribution in [0.4, 0.5) is 10.5 Å². The van der Waals surface area contributed by atoms with E-state index in [-0.39, 0.29) is 6.03 Å². The van der Waals surface area contributed by atoms with Crippen molar-refractivity contribution < 1.29 is 18.7 Å². The van der Waals surface area contributed by atoms with E-state index >= 15 is 0 Å². The number of aryl methyl sites for hydroxylation is 1. The third-order valence-electron chi connectivity index (χ3n) is 3.42. The van der Waals surface area contributed by atoms with E-state index in [0.29, 0.717) is 37.7 Å². The quantitative estimate of drug-likeness (QED) is 0.801. The highest BCUT2D eigenvalue weighted by Crippen LogP contribution is 2.24. The number of urea groups is 1. The van der Waals surface area contributed by atoms with Crippen molar-refractivity contribution in [3.63, 3.8) is 0 Å². The minimum absolute atomic E-state index is 0.228. The van der Waals surface area contributed by atoms with Crippen LogP contribution in [0.2, 0.25) is 0 Å². The molecule has 1 N–H and O–H groups in total. The third kappa shape index (κ3) is 5.03. The summed E-state index contributed by atoms with van der Waals surface area (Å²) in [6.45, 7) is 5.59. The Labute approximate surface area is 142 Å². The summed E-state index contributed by atoms with van der Waals surface area (Å²) >= 11 is 0. The third-order valence-corrected chi connectivity index (χ3v) is 3.42. The lowest BCUT2D eigenvalue weighted by Crippen LogP contribution is -2.36. The fourth-order valence-corrected chi connectivity index (χ4v) is 2.26. The smallest absolute Gasteiger partial charge is 0.322 e. The lowest BCUT2D eigenvalue weighted by molar-refractivity contribution is 0.149. The molecule has 0 saturated heterocycles. The van der Waals surface area contributed by atoms with Gasteiger partial charge < -0.3 is 24.1 Å². The predicted molar refractivity (Wildman–Crippen MR) is 92.4 cm³/mol. The van der Waals surface area contributed by atoms with E-state index in [1.807, 2.05) is 50.2 Å². The van der Waals surface area contributed by atoms with Crippen molar-refractivity contribution >= 4 is 11.7 Å². The molecule has 0 aliphatic heterocycles. The van der Waals surface area contributed by atoms with E-state index in [4.69, 9.17) is 13.9 Å². The summed E-state index contributed by atoms with van der Waals surface area (Å²) in [5.41, 5.74) is 0.641. The van der Waals surface area contributed by atoms with Gasteiger partial charge in [-0.3, -0.25) is 0 Å². The number of carbonyl (C=O) groups is 1. The summed E-state index contributed by atoms with van der Waals surface area (Å²) in [6, 6.07) is 10.9. The molecule has 0 unspecified atom stereocenters. The average Bonchev–Trinajstić information content (AvgIpc) is 2.98. The first-order valence-electron chi connectivity index (χ1n) is 7.96. The SMILES string of the molecule is CCOc1ccccc1NC(=O)N(CCOC)Cc1ccc(C)o1. The maximum Gasteiger partial charge on any atom is 0.322 e. The second-order valence-electron chi connectivity index (χ2n) is 5.29. The minimum atomic E-state index is -0.228. The predicted octanol–water partition coefficient (Wildman–Crippen LogP) is 3.67. The molecule has 0 radical (unpaired) electrons. The van der Waals surface area contributed by atoms with Gasteiger partial charge in [-0.15, -0.1) is 0 Å². The van der Waals surface area contributed by atoms with Crippen molar-refractivity contribution in [1.82, 2.24) is 4.90 Å². The van der Waals surface area contributed by atoms with Crippen LogP contribution < -0.4 is 10.1 Å². The van der Waals surface area contributed by atoms with Crippen LogP contribution in [-0.4, -0.2) is 37.8 Å². The maximum atomic E-state index is 12.6. The second kappa shape index (κ2) is 8.98. The Hall–Kier alpha value is -2.47. The van der Waals surface area contributed by atoms with Crippen molar-refractivity contribution in [2.45, 2.75) is 20.4 Å². The van der Waals surface area contributed by atoms with Crippen LogP contribution in [0.3, 0.4) is 0 Å². The van der Waals surface area contributed by atoms with E-state index in [1.165, 1.54) is 0 Å². The second-order valence-corrected chi connectivity index (χ2v) is 5.29. The molecule has 0 aliphatic carbocycles. The molecule has 1 heterocycles. The molecule has 1 aromatic heterocycles. The number of rotatable bonds is 8. The van der Waals surface area contributed by atoms with Gasteiger partial charge in [0.1, 0.15) is 17.3 Å². The number of methoxy groups -OCH3 is 1. The number of hydrogen-bond donors (Lipinski definition) is 1. The van der Waals surface area contributed by atoms with Crippen LogP contribution in [-0.2, 0) is 11.3 Å². The molecule has 1 aromatic carbocycles. The largest absolute Gasteiger partial charge is 0.492 e. The summed E-state index contributed by atoms with van der Waals surface area (Å²) in [5.74, 6) is 2.20. The topological polar surface area (TPSA) is 63.9 Å². The zero-order valence-electron chi connectivity index (χ0n) is 14.4. The van der Waals surface area contributed by atoms with Gasteiger partial charge in [-0.1, -0.05) is 12.1 Å². The molecule has 2 amide bonds. The van der Waals surface area contributed by atoms with Crippen molar-refractivity contribution in [3.8, 4) is 5.75 Å². The zero-order chi connectivity index (χ0) is 17.4. The highest BCUT2D eigenvalue weighted by molar-refractivity contribution is 5.90. The minimum Gasteiger partial charge on any atom is -0.492 e. The van der Waals surface area contributed by atoms with Gasteiger partial charge in [0, 0.05) is 13.7 Å².